The molecule has 0 spiro atoms. The number of pyridine rings is 1. The number of thiazole rings is 1. The first-order chi connectivity index (χ1) is 14.1. The van der Waals surface area contributed by atoms with E-state index in [4.69, 9.17) is 0 Å². The minimum Gasteiger partial charge on any atom is -0.307 e. The van der Waals surface area contributed by atoms with Gasteiger partial charge in [0.25, 0.3) is 5.56 Å². The number of para-hydroxylation sites is 1. The van der Waals surface area contributed by atoms with Gasteiger partial charge in [-0.2, -0.15) is 0 Å². The van der Waals surface area contributed by atoms with Crippen molar-refractivity contribution >= 4 is 32.5 Å². The van der Waals surface area contributed by atoms with Gasteiger partial charge < -0.3 is 9.91 Å². The zero-order valence-electron chi connectivity index (χ0n) is 17.4. The molecule has 1 aromatic carbocycles. The van der Waals surface area contributed by atoms with Crippen molar-refractivity contribution in [2.24, 2.45) is 0 Å². The summed E-state index contributed by atoms with van der Waals surface area (Å²) < 4.78 is 4.30. The first-order valence-electron chi connectivity index (χ1n) is 9.81. The third kappa shape index (κ3) is 3.44. The van der Waals surface area contributed by atoms with E-state index in [1.807, 2.05) is 31.2 Å². The quantitative estimate of drug-likeness (QED) is 0.377. The Morgan fingerprint density at radius 2 is 1.87 bits per heavy atom. The Bertz CT molecular complexity index is 1300. The van der Waals surface area contributed by atoms with Crippen LogP contribution in [0.1, 0.15) is 12.6 Å². The van der Waals surface area contributed by atoms with Gasteiger partial charge in [0, 0.05) is 32.2 Å². The molecule has 10 heteroatoms. The van der Waals surface area contributed by atoms with Crippen LogP contribution in [0.25, 0.3) is 26.3 Å². The molecule has 0 radical (unpaired) electrons. The summed E-state index contributed by atoms with van der Waals surface area (Å²) in [5.74, 6) is 0. The summed E-state index contributed by atoms with van der Waals surface area (Å²) >= 11 is 1.51. The van der Waals surface area contributed by atoms with Crippen LogP contribution in [0.15, 0.2) is 39.9 Å². The monoisotopic (exact) mass is 434 g/mol. The standard InChI is InChI=1S/C20H22N6O2S.Na/c1-3-15-18-14(12-17(27)26(15)24-10-8-23(2)9-11-24)22-25(19(18)28)20-21-13-6-4-5-7-16(13)29-20;/h4-7,12,22H,3,8-11H2,1-2H3;/q;+1/p+1. The van der Waals surface area contributed by atoms with E-state index in [1.165, 1.54) is 22.1 Å². The molecule has 150 valence electrons. The van der Waals surface area contributed by atoms with Crippen molar-refractivity contribution in [1.82, 2.24) is 19.4 Å². The third-order valence-electron chi connectivity index (χ3n) is 5.58. The third-order valence-corrected chi connectivity index (χ3v) is 6.63. The molecule has 8 nitrogen and oxygen atoms in total. The van der Waals surface area contributed by atoms with Gasteiger partial charge >= 0.3 is 40.2 Å². The first kappa shape index (κ1) is 21.3. The topological polar surface area (TPSA) is 80.4 Å². The molecule has 1 aliphatic rings. The van der Waals surface area contributed by atoms with Crippen LogP contribution in [0.4, 0.5) is 0 Å². The van der Waals surface area contributed by atoms with E-state index in [0.29, 0.717) is 22.5 Å². The van der Waals surface area contributed by atoms with Crippen LogP contribution in [0.3, 0.4) is 0 Å². The van der Waals surface area contributed by atoms with Gasteiger partial charge in [0.2, 0.25) is 0 Å². The molecule has 0 atom stereocenters. The zero-order valence-corrected chi connectivity index (χ0v) is 20.3. The van der Waals surface area contributed by atoms with Gasteiger partial charge in [-0.1, -0.05) is 23.7 Å². The Kier molecular flexibility index (Phi) is 5.91. The van der Waals surface area contributed by atoms with E-state index in [0.717, 1.165) is 42.1 Å². The molecule has 1 fully saturated rings. The maximum absolute atomic E-state index is 13.4. The maximum Gasteiger partial charge on any atom is 1.00 e. The van der Waals surface area contributed by atoms with Gasteiger partial charge in [-0.3, -0.25) is 4.79 Å². The molecule has 4 aromatic rings. The number of hydrogen-bond donors (Lipinski definition) is 1. The summed E-state index contributed by atoms with van der Waals surface area (Å²) in [5.41, 5.74) is 2.08. The van der Waals surface area contributed by atoms with E-state index in [1.54, 1.807) is 4.68 Å². The molecule has 1 aliphatic heterocycles. The van der Waals surface area contributed by atoms with Crippen molar-refractivity contribution in [1.29, 1.82) is 0 Å². The number of benzene rings is 1. The van der Waals surface area contributed by atoms with Gasteiger partial charge in [-0.15, -0.1) is 0 Å². The van der Waals surface area contributed by atoms with E-state index in [2.05, 4.69) is 27.0 Å². The summed E-state index contributed by atoms with van der Waals surface area (Å²) in [7, 11) is 2.08. The average molecular weight is 435 g/mol. The number of nitrogens with zero attached hydrogens (tertiary/aromatic N) is 4. The van der Waals surface area contributed by atoms with Crippen molar-refractivity contribution in [2.45, 2.75) is 13.3 Å². The Balaban J connectivity index is 0.00000218. The molecule has 0 saturated carbocycles. The second-order valence-corrected chi connectivity index (χ2v) is 8.45. The van der Waals surface area contributed by atoms with Gasteiger partial charge in [-0.05, 0) is 36.9 Å². The normalized spacial score (nSPS) is 15.1. The first-order valence-corrected chi connectivity index (χ1v) is 10.6. The Morgan fingerprint density at radius 1 is 1.13 bits per heavy atom. The van der Waals surface area contributed by atoms with Crippen LogP contribution in [-0.4, -0.2) is 52.6 Å². The minimum atomic E-state index is -0.137. The van der Waals surface area contributed by atoms with Gasteiger partial charge in [0.05, 0.1) is 15.9 Å². The largest absolute Gasteiger partial charge is 1.00 e. The van der Waals surface area contributed by atoms with Gasteiger partial charge in [0.15, 0.2) is 0 Å². The summed E-state index contributed by atoms with van der Waals surface area (Å²) in [4.78, 5) is 31.9. The number of aromatic nitrogens is 4. The van der Waals surface area contributed by atoms with E-state index in [-0.39, 0.29) is 40.7 Å². The van der Waals surface area contributed by atoms with Crippen molar-refractivity contribution in [3.8, 4) is 5.13 Å². The number of likely N-dealkylation sites (N-methyl/N-ethyl adjacent to an activating group) is 1. The van der Waals surface area contributed by atoms with Crippen LogP contribution in [0.5, 0.6) is 0 Å². The SMILES string of the molecule is CCc1c2c(=O)n(-c3[nH+]c4ccccc4s3)[nH]c2cc(=O)n1N1CCN(C)CC1.[Na+]. The molecule has 0 unspecified atom stereocenters. The molecule has 1 saturated heterocycles. The second-order valence-electron chi connectivity index (χ2n) is 7.42. The summed E-state index contributed by atoms with van der Waals surface area (Å²) in [6, 6.07) is 9.47. The molecular formula is C20H23N6NaO2S+2. The number of fused-ring (bicyclic) bond motifs is 2. The number of piperazine rings is 1. The zero-order chi connectivity index (χ0) is 20.1. The number of rotatable bonds is 3. The Morgan fingerprint density at radius 3 is 2.57 bits per heavy atom. The molecule has 3 aromatic heterocycles. The van der Waals surface area contributed by atoms with Crippen LogP contribution in [0.2, 0.25) is 0 Å². The second kappa shape index (κ2) is 8.32. The van der Waals surface area contributed by atoms with Crippen molar-refractivity contribution in [2.75, 3.05) is 38.2 Å². The fourth-order valence-electron chi connectivity index (χ4n) is 4.04. The molecule has 0 bridgehead atoms. The van der Waals surface area contributed by atoms with E-state index >= 15 is 0 Å². The molecule has 0 aliphatic carbocycles. The maximum atomic E-state index is 13.4. The summed E-state index contributed by atoms with van der Waals surface area (Å²) in [6.45, 7) is 5.29. The number of H-pyrrole nitrogens is 2. The summed E-state index contributed by atoms with van der Waals surface area (Å²) in [5, 5.41) is 6.48. The van der Waals surface area contributed by atoms with Crippen molar-refractivity contribution in [3.63, 3.8) is 0 Å². The number of nitrogens with one attached hydrogen (secondary N) is 2. The van der Waals surface area contributed by atoms with Crippen molar-refractivity contribution in [3.05, 3.63) is 56.7 Å². The fourth-order valence-corrected chi connectivity index (χ4v) is 5.01. The molecule has 30 heavy (non-hydrogen) atoms. The molecule has 5 rings (SSSR count). The van der Waals surface area contributed by atoms with E-state index < -0.39 is 0 Å². The summed E-state index contributed by atoms with van der Waals surface area (Å²) in [6.07, 6.45) is 0.599. The predicted molar refractivity (Wildman–Crippen MR) is 115 cm³/mol. The molecule has 2 N–H and O–H groups in total. The molecular weight excluding hydrogens is 411 g/mol. The Hall–Kier alpha value is -1.91. The average Bonchev–Trinajstić information content (AvgIpc) is 3.29. The van der Waals surface area contributed by atoms with Crippen LogP contribution in [0, 0.1) is 0 Å². The number of aromatic amines is 2. The Labute approximate surface area is 199 Å². The number of aryl methyl sites for hydroxylation is 1. The van der Waals surface area contributed by atoms with Crippen LogP contribution in [-0.2, 0) is 6.42 Å². The number of hydrogen-bond acceptors (Lipinski definition) is 5. The molecule has 0 amide bonds. The van der Waals surface area contributed by atoms with Crippen LogP contribution >= 0.6 is 11.3 Å². The fraction of sp³-hybridized carbons (Fsp3) is 0.350. The van der Waals surface area contributed by atoms with Gasteiger partial charge in [0.1, 0.15) is 10.9 Å². The van der Waals surface area contributed by atoms with Crippen molar-refractivity contribution < 1.29 is 34.5 Å². The van der Waals surface area contributed by atoms with E-state index in [9.17, 15) is 9.59 Å². The molecule has 4 heterocycles. The minimum absolute atomic E-state index is 0. The van der Waals surface area contributed by atoms with Crippen LogP contribution < -0.4 is 50.7 Å². The smallest absolute Gasteiger partial charge is 0.307 e. The van der Waals surface area contributed by atoms with Gasteiger partial charge in [-0.25, -0.2) is 19.6 Å². The predicted octanol–water partition coefficient (Wildman–Crippen LogP) is -2.04.